The Bertz CT molecular complexity index is 835. The lowest BCUT2D eigenvalue weighted by molar-refractivity contribution is -0.140. The zero-order chi connectivity index (χ0) is 18.2. The smallest absolute Gasteiger partial charge is 0.305 e. The highest BCUT2D eigenvalue weighted by Gasteiger charge is 2.11. The van der Waals surface area contributed by atoms with Crippen molar-refractivity contribution < 1.29 is 19.1 Å². The number of hydrogen-bond acceptors (Lipinski definition) is 5. The Balaban J connectivity index is 1.81. The van der Waals surface area contributed by atoms with Crippen LogP contribution in [0.5, 0.6) is 0 Å². The molecule has 130 valence electrons. The van der Waals surface area contributed by atoms with Gasteiger partial charge in [0.25, 0.3) is 5.91 Å². The molecule has 0 aliphatic rings. The minimum Gasteiger partial charge on any atom is -0.469 e. The predicted octanol–water partition coefficient (Wildman–Crippen LogP) is 0.839. The first-order chi connectivity index (χ1) is 12.0. The van der Waals surface area contributed by atoms with Crippen LogP contribution in [0, 0.1) is 11.3 Å². The van der Waals surface area contributed by atoms with E-state index in [9.17, 15) is 14.4 Å². The summed E-state index contributed by atoms with van der Waals surface area (Å²) in [5, 5.41) is 14.7. The Morgan fingerprint density at radius 2 is 2.04 bits per heavy atom. The molecule has 1 aromatic carbocycles. The molecule has 2 aromatic rings. The molecule has 0 saturated carbocycles. The lowest BCUT2D eigenvalue weighted by Crippen LogP contribution is -2.37. The molecule has 0 atom stereocenters. The molecule has 0 spiro atoms. The summed E-state index contributed by atoms with van der Waals surface area (Å²) in [5.41, 5.74) is 1.55. The third-order valence-corrected chi connectivity index (χ3v) is 3.51. The molecule has 2 amide bonds. The van der Waals surface area contributed by atoms with Gasteiger partial charge in [0.1, 0.15) is 5.69 Å². The SMILES string of the molecule is COC(=O)CCCNC(=O)CNC(=O)c1cc2cc(C#N)ccc2[nH]1. The van der Waals surface area contributed by atoms with Crippen molar-refractivity contribution in [2.45, 2.75) is 12.8 Å². The minimum atomic E-state index is -0.417. The quantitative estimate of drug-likeness (QED) is 0.508. The fourth-order valence-electron chi connectivity index (χ4n) is 2.21. The van der Waals surface area contributed by atoms with Crippen LogP contribution in [0.25, 0.3) is 10.9 Å². The molecule has 8 nitrogen and oxygen atoms in total. The molecule has 25 heavy (non-hydrogen) atoms. The summed E-state index contributed by atoms with van der Waals surface area (Å²) in [6, 6.07) is 8.71. The molecule has 0 saturated heterocycles. The van der Waals surface area contributed by atoms with E-state index in [1.807, 2.05) is 6.07 Å². The number of H-pyrrole nitrogens is 1. The molecule has 0 aliphatic heterocycles. The van der Waals surface area contributed by atoms with Gasteiger partial charge in [0.2, 0.25) is 5.91 Å². The summed E-state index contributed by atoms with van der Waals surface area (Å²) in [6.45, 7) is 0.156. The van der Waals surface area contributed by atoms with Crippen LogP contribution in [-0.2, 0) is 14.3 Å². The average Bonchev–Trinajstić information content (AvgIpc) is 3.06. The van der Waals surface area contributed by atoms with Gasteiger partial charge in [-0.05, 0) is 30.7 Å². The lowest BCUT2D eigenvalue weighted by atomic mass is 10.2. The van der Waals surface area contributed by atoms with Crippen LogP contribution >= 0.6 is 0 Å². The topological polar surface area (TPSA) is 124 Å². The number of benzene rings is 1. The number of aromatic amines is 1. The maximum Gasteiger partial charge on any atom is 0.305 e. The van der Waals surface area contributed by atoms with E-state index >= 15 is 0 Å². The second-order valence-corrected chi connectivity index (χ2v) is 5.31. The Labute approximate surface area is 144 Å². The molecule has 0 aliphatic carbocycles. The van der Waals surface area contributed by atoms with Gasteiger partial charge in [0.15, 0.2) is 0 Å². The van der Waals surface area contributed by atoms with Crippen molar-refractivity contribution in [3.8, 4) is 6.07 Å². The van der Waals surface area contributed by atoms with Crippen LogP contribution in [-0.4, -0.2) is 43.0 Å². The number of hydrogen-bond donors (Lipinski definition) is 3. The summed E-state index contributed by atoms with van der Waals surface area (Å²) < 4.78 is 4.49. The van der Waals surface area contributed by atoms with E-state index < -0.39 is 5.91 Å². The van der Waals surface area contributed by atoms with Crippen molar-refractivity contribution in [3.63, 3.8) is 0 Å². The number of methoxy groups -OCH3 is 1. The molecule has 0 fully saturated rings. The summed E-state index contributed by atoms with van der Waals surface area (Å²) in [5.74, 6) is -1.10. The summed E-state index contributed by atoms with van der Waals surface area (Å²) >= 11 is 0. The monoisotopic (exact) mass is 342 g/mol. The number of aromatic nitrogens is 1. The number of fused-ring (bicyclic) bond motifs is 1. The maximum atomic E-state index is 12.1. The Hall–Kier alpha value is -3.34. The van der Waals surface area contributed by atoms with E-state index in [4.69, 9.17) is 5.26 Å². The van der Waals surface area contributed by atoms with Gasteiger partial charge in [0.05, 0.1) is 25.3 Å². The van der Waals surface area contributed by atoms with Gasteiger partial charge in [0, 0.05) is 23.9 Å². The van der Waals surface area contributed by atoms with Crippen molar-refractivity contribution in [1.29, 1.82) is 5.26 Å². The van der Waals surface area contributed by atoms with Gasteiger partial charge in [-0.15, -0.1) is 0 Å². The normalized spacial score (nSPS) is 10.1. The summed E-state index contributed by atoms with van der Waals surface area (Å²) in [4.78, 5) is 37.6. The molecule has 0 unspecified atom stereocenters. The van der Waals surface area contributed by atoms with Crippen LogP contribution in [0.3, 0.4) is 0 Å². The molecular weight excluding hydrogens is 324 g/mol. The molecule has 0 bridgehead atoms. The second-order valence-electron chi connectivity index (χ2n) is 5.31. The van der Waals surface area contributed by atoms with Crippen molar-refractivity contribution in [1.82, 2.24) is 15.6 Å². The third kappa shape index (κ3) is 5.07. The third-order valence-electron chi connectivity index (χ3n) is 3.51. The van der Waals surface area contributed by atoms with Gasteiger partial charge >= 0.3 is 5.97 Å². The van der Waals surface area contributed by atoms with Gasteiger partial charge in [-0.1, -0.05) is 0 Å². The molecule has 2 rings (SSSR count). The average molecular weight is 342 g/mol. The largest absolute Gasteiger partial charge is 0.469 e. The minimum absolute atomic E-state index is 0.171. The standard InChI is InChI=1S/C17H18N4O4/c1-25-16(23)3-2-6-19-15(22)10-20-17(24)14-8-12-7-11(9-18)4-5-13(12)21-14/h4-5,7-8,21H,2-3,6,10H2,1H3,(H,19,22)(H,20,24). The highest BCUT2D eigenvalue weighted by Crippen LogP contribution is 2.16. The maximum absolute atomic E-state index is 12.1. The Morgan fingerprint density at radius 3 is 2.76 bits per heavy atom. The fourth-order valence-corrected chi connectivity index (χ4v) is 2.21. The number of nitrogens with zero attached hydrogens (tertiary/aromatic N) is 1. The zero-order valence-electron chi connectivity index (χ0n) is 13.7. The molecule has 1 aromatic heterocycles. The number of carbonyl (C=O) groups is 3. The first-order valence-corrected chi connectivity index (χ1v) is 7.68. The highest BCUT2D eigenvalue weighted by atomic mass is 16.5. The fraction of sp³-hybridized carbons (Fsp3) is 0.294. The van der Waals surface area contributed by atoms with E-state index in [1.54, 1.807) is 24.3 Å². The van der Waals surface area contributed by atoms with Crippen LogP contribution < -0.4 is 10.6 Å². The Kier molecular flexibility index (Phi) is 6.12. The number of carbonyl (C=O) groups excluding carboxylic acids is 3. The Morgan fingerprint density at radius 1 is 1.24 bits per heavy atom. The van der Waals surface area contributed by atoms with E-state index in [0.717, 1.165) is 10.9 Å². The van der Waals surface area contributed by atoms with Gasteiger partial charge in [-0.3, -0.25) is 14.4 Å². The van der Waals surface area contributed by atoms with Crippen molar-refractivity contribution >= 4 is 28.7 Å². The van der Waals surface area contributed by atoms with Crippen molar-refractivity contribution in [2.24, 2.45) is 0 Å². The molecular formula is C17H18N4O4. The van der Waals surface area contributed by atoms with Gasteiger partial charge in [-0.25, -0.2) is 0 Å². The molecule has 1 heterocycles. The van der Waals surface area contributed by atoms with Crippen LogP contribution in [0.4, 0.5) is 0 Å². The predicted molar refractivity (Wildman–Crippen MR) is 89.6 cm³/mol. The van der Waals surface area contributed by atoms with Gasteiger partial charge in [-0.2, -0.15) is 5.26 Å². The number of nitriles is 1. The second kappa shape index (κ2) is 8.49. The van der Waals surface area contributed by atoms with E-state index in [2.05, 4.69) is 20.4 Å². The van der Waals surface area contributed by atoms with E-state index in [-0.39, 0.29) is 24.8 Å². The first-order valence-electron chi connectivity index (χ1n) is 7.68. The van der Waals surface area contributed by atoms with Crippen LogP contribution in [0.15, 0.2) is 24.3 Å². The lowest BCUT2D eigenvalue weighted by Gasteiger charge is -2.06. The van der Waals surface area contributed by atoms with E-state index in [0.29, 0.717) is 24.2 Å². The number of rotatable bonds is 7. The van der Waals surface area contributed by atoms with Crippen LogP contribution in [0.1, 0.15) is 28.9 Å². The van der Waals surface area contributed by atoms with Crippen molar-refractivity contribution in [2.75, 3.05) is 20.2 Å². The van der Waals surface area contributed by atoms with Gasteiger partial charge < -0.3 is 20.4 Å². The first kappa shape index (κ1) is 18.0. The molecule has 8 heteroatoms. The van der Waals surface area contributed by atoms with E-state index in [1.165, 1.54) is 7.11 Å². The van der Waals surface area contributed by atoms with Crippen LogP contribution in [0.2, 0.25) is 0 Å². The summed E-state index contributed by atoms with van der Waals surface area (Å²) in [7, 11) is 1.31. The number of esters is 1. The number of nitrogens with one attached hydrogen (secondary N) is 3. The van der Waals surface area contributed by atoms with Crippen molar-refractivity contribution in [3.05, 3.63) is 35.5 Å². The highest BCUT2D eigenvalue weighted by molar-refractivity contribution is 5.99. The summed E-state index contributed by atoms with van der Waals surface area (Å²) in [6.07, 6.45) is 0.693. The molecule has 0 radical (unpaired) electrons. The number of ether oxygens (including phenoxy) is 1. The zero-order valence-corrected chi connectivity index (χ0v) is 13.7. The molecule has 3 N–H and O–H groups in total. The number of amides is 2.